The van der Waals surface area contributed by atoms with Crippen LogP contribution in [-0.4, -0.2) is 28.7 Å². The fourth-order valence-electron chi connectivity index (χ4n) is 2.64. The number of sulfonamides is 1. The molecule has 26 heavy (non-hydrogen) atoms. The van der Waals surface area contributed by atoms with Gasteiger partial charge in [-0.15, -0.1) is 0 Å². The van der Waals surface area contributed by atoms with E-state index >= 15 is 0 Å². The summed E-state index contributed by atoms with van der Waals surface area (Å²) in [6, 6.07) is 10.8. The second kappa shape index (κ2) is 9.39. The third-order valence-corrected chi connectivity index (χ3v) is 5.98. The summed E-state index contributed by atoms with van der Waals surface area (Å²) >= 11 is 3.38. The first kappa shape index (κ1) is 20.7. The lowest BCUT2D eigenvalue weighted by atomic mass is 10.1. The number of aryl methyl sites for hydroxylation is 1. The molecule has 0 atom stereocenters. The first-order valence-electron chi connectivity index (χ1n) is 8.49. The Kier molecular flexibility index (Phi) is 7.49. The van der Waals surface area contributed by atoms with E-state index in [-0.39, 0.29) is 0 Å². The Morgan fingerprint density at radius 3 is 2.50 bits per heavy atom. The summed E-state index contributed by atoms with van der Waals surface area (Å²) in [4.78, 5) is 0.326. The lowest BCUT2D eigenvalue weighted by molar-refractivity contribution is 0.310. The van der Waals surface area contributed by atoms with Gasteiger partial charge in [-0.25, -0.2) is 13.1 Å². The van der Waals surface area contributed by atoms with Crippen LogP contribution in [0.4, 0.5) is 0 Å². The van der Waals surface area contributed by atoms with Crippen LogP contribution in [0.15, 0.2) is 45.8 Å². The third kappa shape index (κ3) is 5.22. The molecule has 0 heterocycles. The summed E-state index contributed by atoms with van der Waals surface area (Å²) in [6.07, 6.45) is 1.20. The Hall–Kier alpha value is -1.57. The number of ether oxygens (including phenoxy) is 2. The minimum absolute atomic E-state index is 0.304. The molecule has 2 aromatic carbocycles. The molecule has 0 unspecified atom stereocenters. The summed E-state index contributed by atoms with van der Waals surface area (Å²) in [5.74, 6) is 1.33. The van der Waals surface area contributed by atoms with Gasteiger partial charge in [0, 0.05) is 11.0 Å². The van der Waals surface area contributed by atoms with Crippen molar-refractivity contribution in [1.82, 2.24) is 4.72 Å². The molecule has 7 heteroatoms. The van der Waals surface area contributed by atoms with Crippen LogP contribution < -0.4 is 14.2 Å². The molecule has 0 saturated carbocycles. The molecular formula is C19H24BrNO4S. The summed E-state index contributed by atoms with van der Waals surface area (Å²) in [5, 5.41) is 0. The van der Waals surface area contributed by atoms with Crippen molar-refractivity contribution in [2.75, 3.05) is 20.3 Å². The number of hydrogen-bond acceptors (Lipinski definition) is 4. The molecule has 0 saturated heterocycles. The number of methoxy groups -OCH3 is 1. The summed E-state index contributed by atoms with van der Waals surface area (Å²) < 4.78 is 39.6. The van der Waals surface area contributed by atoms with E-state index in [9.17, 15) is 8.42 Å². The van der Waals surface area contributed by atoms with E-state index in [0.717, 1.165) is 15.6 Å². The van der Waals surface area contributed by atoms with Crippen LogP contribution in [0.25, 0.3) is 0 Å². The molecular weight excluding hydrogens is 418 g/mol. The second-order valence-electron chi connectivity index (χ2n) is 5.67. The number of nitrogens with one attached hydrogen (secondary N) is 1. The fraction of sp³-hybridized carbons (Fsp3) is 0.368. The van der Waals surface area contributed by atoms with E-state index in [1.165, 1.54) is 0 Å². The molecule has 0 fully saturated rings. The maximum Gasteiger partial charge on any atom is 0.240 e. The van der Waals surface area contributed by atoms with Crippen LogP contribution in [0, 0.1) is 0 Å². The van der Waals surface area contributed by atoms with Gasteiger partial charge < -0.3 is 9.47 Å². The zero-order chi connectivity index (χ0) is 19.2. The van der Waals surface area contributed by atoms with E-state index in [4.69, 9.17) is 9.47 Å². The van der Waals surface area contributed by atoms with Crippen LogP contribution in [0.1, 0.15) is 25.0 Å². The molecule has 2 rings (SSSR count). The van der Waals surface area contributed by atoms with Crippen molar-refractivity contribution >= 4 is 26.0 Å². The average Bonchev–Trinajstić information content (AvgIpc) is 2.62. The maximum atomic E-state index is 12.6. The molecule has 5 nitrogen and oxygen atoms in total. The Bertz CT molecular complexity index is 853. The largest absolute Gasteiger partial charge is 0.493 e. The van der Waals surface area contributed by atoms with Crippen molar-refractivity contribution in [3.05, 3.63) is 52.0 Å². The molecule has 0 spiro atoms. The Labute approximate surface area is 163 Å². The molecule has 0 bridgehead atoms. The first-order chi connectivity index (χ1) is 12.4. The molecule has 142 valence electrons. The van der Waals surface area contributed by atoms with Gasteiger partial charge in [0.1, 0.15) is 0 Å². The number of benzene rings is 2. The van der Waals surface area contributed by atoms with Crippen molar-refractivity contribution in [2.24, 2.45) is 0 Å². The average molecular weight is 442 g/mol. The van der Waals surface area contributed by atoms with Crippen LogP contribution in [0.2, 0.25) is 0 Å². The predicted molar refractivity (Wildman–Crippen MR) is 107 cm³/mol. The summed E-state index contributed by atoms with van der Waals surface area (Å²) in [5.41, 5.74) is 1.76. The molecule has 1 N–H and O–H groups in total. The third-order valence-electron chi connectivity index (χ3n) is 3.93. The Balaban J connectivity index is 2.07. The summed E-state index contributed by atoms with van der Waals surface area (Å²) in [6.45, 7) is 4.71. The van der Waals surface area contributed by atoms with E-state index < -0.39 is 10.0 Å². The predicted octanol–water partition coefficient (Wildman–Crippen LogP) is 3.94. The van der Waals surface area contributed by atoms with Gasteiger partial charge in [-0.05, 0) is 61.2 Å². The van der Waals surface area contributed by atoms with Gasteiger partial charge in [0.25, 0.3) is 0 Å². The highest BCUT2D eigenvalue weighted by Crippen LogP contribution is 2.28. The van der Waals surface area contributed by atoms with Crippen LogP contribution in [0.5, 0.6) is 11.5 Å². The van der Waals surface area contributed by atoms with Gasteiger partial charge in [0.05, 0.1) is 18.6 Å². The molecule has 0 aliphatic heterocycles. The van der Waals surface area contributed by atoms with Gasteiger partial charge in [-0.2, -0.15) is 0 Å². The highest BCUT2D eigenvalue weighted by atomic mass is 79.9. The van der Waals surface area contributed by atoms with Crippen molar-refractivity contribution in [1.29, 1.82) is 0 Å². The normalized spacial score (nSPS) is 11.4. The molecule has 0 aromatic heterocycles. The number of rotatable bonds is 9. The molecule has 0 aliphatic carbocycles. The van der Waals surface area contributed by atoms with Crippen molar-refractivity contribution < 1.29 is 17.9 Å². The van der Waals surface area contributed by atoms with E-state index in [1.54, 1.807) is 19.2 Å². The maximum absolute atomic E-state index is 12.6. The van der Waals surface area contributed by atoms with Crippen molar-refractivity contribution in [2.45, 2.75) is 31.6 Å². The first-order valence-corrected chi connectivity index (χ1v) is 10.8. The molecule has 0 radical (unpaired) electrons. The second-order valence-corrected chi connectivity index (χ2v) is 8.32. The highest BCUT2D eigenvalue weighted by Gasteiger charge is 2.17. The number of halogens is 1. The lowest BCUT2D eigenvalue weighted by Gasteiger charge is -2.13. The molecule has 2 aromatic rings. The van der Waals surface area contributed by atoms with Crippen molar-refractivity contribution in [3.63, 3.8) is 0 Å². The minimum Gasteiger partial charge on any atom is -0.493 e. The van der Waals surface area contributed by atoms with Gasteiger partial charge >= 0.3 is 0 Å². The monoisotopic (exact) mass is 441 g/mol. The van der Waals surface area contributed by atoms with Crippen molar-refractivity contribution in [3.8, 4) is 11.5 Å². The Morgan fingerprint density at radius 2 is 1.85 bits per heavy atom. The van der Waals surface area contributed by atoms with E-state index in [1.807, 2.05) is 38.1 Å². The zero-order valence-corrected chi connectivity index (χ0v) is 17.6. The molecule has 0 aliphatic rings. The lowest BCUT2D eigenvalue weighted by Crippen LogP contribution is -2.27. The minimum atomic E-state index is -3.55. The smallest absolute Gasteiger partial charge is 0.240 e. The van der Waals surface area contributed by atoms with Gasteiger partial charge in [0.15, 0.2) is 11.5 Å². The van der Waals surface area contributed by atoms with Crippen LogP contribution in [-0.2, 0) is 22.9 Å². The standard InChI is InChI=1S/C19H24BrNO4S/c1-4-15-13-16(20)7-9-19(15)26(22,23)21-11-10-14-6-8-17(25-5-2)18(12-14)24-3/h6-9,12-13,21H,4-5,10-11H2,1-3H3. The number of hydrogen-bond donors (Lipinski definition) is 1. The summed E-state index contributed by atoms with van der Waals surface area (Å²) in [7, 11) is -1.96. The Morgan fingerprint density at radius 1 is 1.08 bits per heavy atom. The molecule has 0 amide bonds. The van der Waals surface area contributed by atoms with Gasteiger partial charge in [-0.1, -0.05) is 28.9 Å². The quantitative estimate of drug-likeness (QED) is 0.639. The van der Waals surface area contributed by atoms with E-state index in [0.29, 0.717) is 42.4 Å². The van der Waals surface area contributed by atoms with Crippen LogP contribution in [0.3, 0.4) is 0 Å². The van der Waals surface area contributed by atoms with Gasteiger partial charge in [0.2, 0.25) is 10.0 Å². The fourth-order valence-corrected chi connectivity index (χ4v) is 4.37. The van der Waals surface area contributed by atoms with Gasteiger partial charge in [-0.3, -0.25) is 0 Å². The SMILES string of the molecule is CCOc1ccc(CCNS(=O)(=O)c2ccc(Br)cc2CC)cc1OC. The highest BCUT2D eigenvalue weighted by molar-refractivity contribution is 9.10. The zero-order valence-electron chi connectivity index (χ0n) is 15.2. The topological polar surface area (TPSA) is 64.6 Å². The van der Waals surface area contributed by atoms with E-state index in [2.05, 4.69) is 20.7 Å². The van der Waals surface area contributed by atoms with Crippen LogP contribution >= 0.6 is 15.9 Å².